The van der Waals surface area contributed by atoms with Gasteiger partial charge in [-0.25, -0.2) is 0 Å². The van der Waals surface area contributed by atoms with E-state index in [1.807, 2.05) is 22.7 Å². The van der Waals surface area contributed by atoms with E-state index in [0.29, 0.717) is 36.3 Å². The van der Waals surface area contributed by atoms with Gasteiger partial charge < -0.3 is 0 Å². The topological polar surface area (TPSA) is 23.3 Å². The highest BCUT2D eigenvalue weighted by atomic mass is 32.1. The van der Waals surface area contributed by atoms with E-state index in [9.17, 15) is 0 Å². The molecule has 658 valence electrons. The van der Waals surface area contributed by atoms with Crippen LogP contribution in [0, 0.1) is 41.5 Å². The van der Waals surface area contributed by atoms with E-state index >= 15 is 0 Å². The SMILES string of the molecule is Cc1ccc(-c2ccc3c(c2)-c2cccc[n+]2C3C)c2ccccc12.Cc1ccc(-c2ccc3c(c2)-c2cccc[n+]2C3C)cc1.Cc1ccc(-c2ccc3c(c2)-c2cccc[n+]2C3C)s1.Cc1ccc2cc(-c3ccc4c(c3)-c3cccc[n+]3C4C)ccc2c1.Cc1ccc2cc(-c3ccc4c(c3)-c3cccc[n+]3C4C)sc2c1.Cc1cccc(-c2ccc3c(c2)C(C)[n+]2ccccc2-3)c1. The average Bonchev–Trinajstić information content (AvgIpc) is 1.58. The standard InChI is InChI=1S/2C24H20N.C22H18NS.2C20H18N.C18H16NS/c1-16-10-12-21(22-8-4-3-7-19(16)22)18-11-13-20-17(2)25-14-6-5-9-24(25)23(20)15-18;1-16-6-7-19-14-20(9-8-18(19)13-16)21-10-11-22-17(2)25-12-4-3-5-24(25)23(22)15-21;1-14-6-7-17-13-22(24-21(17)11-14)16-8-9-18-15(2)23-10-4-3-5-20(23)19(18)12-16;1-14-6-5-7-16(12-14)17-9-10-18-19(13-17)15(2)21-11-4-3-8-20(18)21;1-14-6-8-16(9-7-14)17-10-11-18-15(2)21-12-4-3-5-20(21)19(18)13-17;1-12-6-9-18(20-12)14-7-8-15-13(2)19-10-4-3-5-17(19)16(15)11-14/h2*3-15,17H,1-2H3;3-13,15H,1-2H3;2*3-13,15H,1-2H3;3-11,13H,1-2H3/q6*+1. The Morgan fingerprint density at radius 2 is 0.544 bits per heavy atom. The summed E-state index contributed by atoms with van der Waals surface area (Å²) in [6.07, 6.45) is 13.1. The van der Waals surface area contributed by atoms with Gasteiger partial charge in [0.05, 0.1) is 33.4 Å². The number of thiophene rings is 2. The number of benzene rings is 13. The van der Waals surface area contributed by atoms with Gasteiger partial charge >= 0.3 is 0 Å². The number of pyridine rings is 6. The van der Waals surface area contributed by atoms with Crippen LogP contribution in [0.5, 0.6) is 0 Å². The van der Waals surface area contributed by atoms with Crippen LogP contribution >= 0.6 is 22.7 Å². The summed E-state index contributed by atoms with van der Waals surface area (Å²) in [4.78, 5) is 4.07. The predicted molar refractivity (Wildman–Crippen MR) is 565 cm³/mol. The van der Waals surface area contributed by atoms with Crippen LogP contribution in [0.25, 0.3) is 165 Å². The van der Waals surface area contributed by atoms with Crippen LogP contribution in [0.15, 0.2) is 413 Å². The van der Waals surface area contributed by atoms with Crippen LogP contribution in [0.2, 0.25) is 0 Å². The zero-order chi connectivity index (χ0) is 92.7. The molecule has 14 heterocycles. The van der Waals surface area contributed by atoms with E-state index in [1.165, 1.54) is 231 Å². The second-order valence-corrected chi connectivity index (χ2v) is 40.0. The van der Waals surface area contributed by atoms with Crippen molar-refractivity contribution in [3.63, 3.8) is 0 Å². The summed E-state index contributed by atoms with van der Waals surface area (Å²) in [6, 6.07) is 140. The van der Waals surface area contributed by atoms with Crippen LogP contribution < -0.4 is 27.4 Å². The first-order chi connectivity index (χ1) is 66.4. The van der Waals surface area contributed by atoms with Crippen molar-refractivity contribution in [2.75, 3.05) is 0 Å². The van der Waals surface area contributed by atoms with Crippen molar-refractivity contribution in [2.45, 2.75) is 119 Å². The molecule has 6 atom stereocenters. The molecule has 6 aliphatic heterocycles. The lowest BCUT2D eigenvalue weighted by Crippen LogP contribution is -2.35. The zero-order valence-electron chi connectivity index (χ0n) is 79.2. The second kappa shape index (κ2) is 36.1. The normalized spacial score (nSPS) is 15.5. The Labute approximate surface area is 807 Å². The van der Waals surface area contributed by atoms with Crippen LogP contribution in [0.3, 0.4) is 0 Å². The van der Waals surface area contributed by atoms with Gasteiger partial charge in [-0.1, -0.05) is 211 Å². The first kappa shape index (κ1) is 86.4. The maximum absolute atomic E-state index is 2.36. The smallest absolute Gasteiger partial charge is 0.191 e. The summed E-state index contributed by atoms with van der Waals surface area (Å²) in [7, 11) is 0. The second-order valence-electron chi connectivity index (χ2n) is 37.7. The summed E-state index contributed by atoms with van der Waals surface area (Å²) < 4.78 is 15.5. The van der Waals surface area contributed by atoms with Gasteiger partial charge in [0.25, 0.3) is 0 Å². The fraction of sp³-hybridized carbons (Fsp3) is 0.141. The lowest BCUT2D eigenvalue weighted by Gasteiger charge is -2.10. The molecule has 6 unspecified atom stereocenters. The third kappa shape index (κ3) is 16.1. The van der Waals surface area contributed by atoms with E-state index < -0.39 is 0 Å². The highest BCUT2D eigenvalue weighted by molar-refractivity contribution is 7.22. The molecule has 13 aromatic carbocycles. The van der Waals surface area contributed by atoms with Gasteiger partial charge in [0, 0.05) is 167 Å². The van der Waals surface area contributed by atoms with Crippen LogP contribution in [-0.2, 0) is 0 Å². The molecular formula is C128H110N6S2+6. The van der Waals surface area contributed by atoms with E-state index in [1.54, 1.807) is 0 Å². The predicted octanol–water partition coefficient (Wildman–Crippen LogP) is 30.8. The molecule has 21 aromatic rings. The van der Waals surface area contributed by atoms with E-state index in [2.05, 4.69) is 524 Å². The summed E-state index contributed by atoms with van der Waals surface area (Å²) in [5.74, 6) is 0. The molecule has 0 aliphatic carbocycles. The molecule has 8 heteroatoms. The van der Waals surface area contributed by atoms with Crippen molar-refractivity contribution < 1.29 is 27.4 Å². The summed E-state index contributed by atoms with van der Waals surface area (Å²) in [5.41, 5.74) is 44.1. The number of aromatic nitrogens is 6. The van der Waals surface area contributed by atoms with Crippen molar-refractivity contribution >= 4 is 54.3 Å². The third-order valence-electron chi connectivity index (χ3n) is 29.0. The van der Waals surface area contributed by atoms with Crippen molar-refractivity contribution in [2.24, 2.45) is 0 Å². The summed E-state index contributed by atoms with van der Waals surface area (Å²) in [6.45, 7) is 26.5. The van der Waals surface area contributed by atoms with Gasteiger partial charge in [-0.3, -0.25) is 0 Å². The maximum Gasteiger partial charge on any atom is 0.213 e. The first-order valence-electron chi connectivity index (χ1n) is 47.9. The Morgan fingerprint density at radius 1 is 0.191 bits per heavy atom. The molecule has 0 bridgehead atoms. The number of hydrogen-bond acceptors (Lipinski definition) is 2. The van der Waals surface area contributed by atoms with Crippen molar-refractivity contribution in [3.05, 3.63) is 479 Å². The largest absolute Gasteiger partial charge is 0.213 e. The maximum atomic E-state index is 2.36. The summed E-state index contributed by atoms with van der Waals surface area (Å²) in [5, 5.41) is 6.61. The molecule has 0 saturated carbocycles. The number of aryl methyl sites for hydroxylation is 6. The molecule has 0 radical (unpaired) electrons. The van der Waals surface area contributed by atoms with Gasteiger partial charge in [-0.15, -0.1) is 22.7 Å². The van der Waals surface area contributed by atoms with Gasteiger partial charge in [-0.2, -0.15) is 27.4 Å². The van der Waals surface area contributed by atoms with Crippen LogP contribution in [-0.4, -0.2) is 0 Å². The number of fused-ring (bicyclic) bond motifs is 21. The van der Waals surface area contributed by atoms with Crippen LogP contribution in [0.4, 0.5) is 0 Å². The quantitative estimate of drug-likeness (QED) is 0.148. The third-order valence-corrected chi connectivity index (χ3v) is 31.2. The molecule has 136 heavy (non-hydrogen) atoms. The number of rotatable bonds is 6. The average molecular weight is 1800 g/mol. The molecule has 6 aliphatic rings. The molecule has 0 saturated heterocycles. The highest BCUT2D eigenvalue weighted by Crippen LogP contribution is 2.46. The Kier molecular flexibility index (Phi) is 22.9. The molecule has 0 fully saturated rings. The lowest BCUT2D eigenvalue weighted by atomic mass is 9.92. The van der Waals surface area contributed by atoms with Gasteiger partial charge in [-0.05, 0) is 244 Å². The Bertz CT molecular complexity index is 8270. The van der Waals surface area contributed by atoms with E-state index in [-0.39, 0.29) is 0 Å². The molecular weight excluding hydrogens is 1690 g/mol. The molecule has 8 aromatic heterocycles. The van der Waals surface area contributed by atoms with Crippen LogP contribution in [0.1, 0.15) is 144 Å². The number of hydrogen-bond donors (Lipinski definition) is 0. The van der Waals surface area contributed by atoms with Crippen molar-refractivity contribution in [1.29, 1.82) is 0 Å². The number of nitrogens with zero attached hydrogens (tertiary/aromatic N) is 6. The van der Waals surface area contributed by atoms with Gasteiger partial charge in [0.1, 0.15) is 0 Å². The Hall–Kier alpha value is -15.1. The highest BCUT2D eigenvalue weighted by Gasteiger charge is 2.39. The lowest BCUT2D eigenvalue weighted by molar-refractivity contribution is -0.694. The Balaban J connectivity index is 0.0000000948. The molecule has 6 nitrogen and oxygen atoms in total. The molecule has 27 rings (SSSR count). The van der Waals surface area contributed by atoms with Crippen molar-refractivity contribution in [1.82, 2.24) is 0 Å². The monoisotopic (exact) mass is 1790 g/mol. The summed E-state index contributed by atoms with van der Waals surface area (Å²) >= 11 is 3.75. The van der Waals surface area contributed by atoms with Gasteiger partial charge in [0.15, 0.2) is 73.4 Å². The Morgan fingerprint density at radius 3 is 1.04 bits per heavy atom. The van der Waals surface area contributed by atoms with E-state index in [4.69, 9.17) is 0 Å². The first-order valence-corrected chi connectivity index (χ1v) is 49.6. The molecule has 0 N–H and O–H groups in total. The zero-order valence-corrected chi connectivity index (χ0v) is 80.9. The minimum atomic E-state index is 0.398. The van der Waals surface area contributed by atoms with Gasteiger partial charge in [0.2, 0.25) is 34.2 Å². The minimum absolute atomic E-state index is 0.398. The van der Waals surface area contributed by atoms with E-state index in [0.717, 1.165) is 0 Å². The minimum Gasteiger partial charge on any atom is -0.191 e. The fourth-order valence-electron chi connectivity index (χ4n) is 21.6. The molecule has 0 amide bonds. The van der Waals surface area contributed by atoms with Crippen molar-refractivity contribution in [3.8, 4) is 133 Å². The fourth-order valence-corrected chi connectivity index (χ4v) is 23.6. The molecule has 0 spiro atoms.